The van der Waals surface area contributed by atoms with E-state index in [1.54, 1.807) is 18.6 Å². The van der Waals surface area contributed by atoms with Crippen LogP contribution in [0.1, 0.15) is 5.56 Å². The topological polar surface area (TPSA) is 41.0 Å². The lowest BCUT2D eigenvalue weighted by Crippen LogP contribution is -2.10. The average Bonchev–Trinajstić information content (AvgIpc) is 2.32. The summed E-state index contributed by atoms with van der Waals surface area (Å²) in [5.74, 6) is 0.757. The smallest absolute Gasteiger partial charge is 0.148 e. The van der Waals surface area contributed by atoms with E-state index in [2.05, 4.69) is 46.4 Å². The van der Waals surface area contributed by atoms with Gasteiger partial charge in [0.25, 0.3) is 0 Å². The Bertz CT molecular complexity index is 451. The Labute approximate surface area is 101 Å². The first-order chi connectivity index (χ1) is 8.24. The van der Waals surface area contributed by atoms with Gasteiger partial charge in [0.1, 0.15) is 5.82 Å². The zero-order chi connectivity index (χ0) is 12.1. The summed E-state index contributed by atoms with van der Waals surface area (Å²) in [5, 5.41) is 3.20. The maximum absolute atomic E-state index is 4.16. The van der Waals surface area contributed by atoms with Crippen LogP contribution in [0, 0.1) is 0 Å². The van der Waals surface area contributed by atoms with Gasteiger partial charge in [-0.25, -0.2) is 4.98 Å². The van der Waals surface area contributed by atoms with E-state index < -0.39 is 0 Å². The number of nitrogens with one attached hydrogen (secondary N) is 1. The number of hydrogen-bond acceptors (Lipinski definition) is 4. The molecule has 0 bridgehead atoms. The van der Waals surface area contributed by atoms with E-state index >= 15 is 0 Å². The Kier molecular flexibility index (Phi) is 3.67. The van der Waals surface area contributed by atoms with Crippen molar-refractivity contribution in [3.05, 3.63) is 48.4 Å². The highest BCUT2D eigenvalue weighted by Crippen LogP contribution is 2.14. The third kappa shape index (κ3) is 3.53. The summed E-state index contributed by atoms with van der Waals surface area (Å²) >= 11 is 0. The zero-order valence-electron chi connectivity index (χ0n) is 10.1. The maximum Gasteiger partial charge on any atom is 0.148 e. The van der Waals surface area contributed by atoms with E-state index in [0.29, 0.717) is 0 Å². The lowest BCUT2D eigenvalue weighted by Gasteiger charge is -2.10. The molecule has 0 saturated heterocycles. The van der Waals surface area contributed by atoms with Crippen LogP contribution in [0.25, 0.3) is 0 Å². The van der Waals surface area contributed by atoms with Crippen LogP contribution in [0.5, 0.6) is 0 Å². The molecule has 0 radical (unpaired) electrons. The third-order valence-corrected chi connectivity index (χ3v) is 2.29. The summed E-state index contributed by atoms with van der Waals surface area (Å²) in [6.45, 7) is 0.950. The Morgan fingerprint density at radius 3 is 2.47 bits per heavy atom. The largest absolute Gasteiger partial charge is 0.339 e. The Hall–Kier alpha value is -1.94. The van der Waals surface area contributed by atoms with Gasteiger partial charge in [0, 0.05) is 24.6 Å². The molecule has 0 unspecified atom stereocenters. The lowest BCUT2D eigenvalue weighted by atomic mass is 10.2. The Morgan fingerprint density at radius 2 is 1.88 bits per heavy atom. The molecule has 4 heteroatoms. The van der Waals surface area contributed by atoms with Gasteiger partial charge in [-0.3, -0.25) is 4.98 Å². The first-order valence-corrected chi connectivity index (χ1v) is 5.51. The Morgan fingerprint density at radius 1 is 1.12 bits per heavy atom. The van der Waals surface area contributed by atoms with Crippen LogP contribution in [-0.2, 0) is 6.54 Å². The van der Waals surface area contributed by atoms with Crippen molar-refractivity contribution in [1.82, 2.24) is 14.9 Å². The van der Waals surface area contributed by atoms with Gasteiger partial charge < -0.3 is 10.2 Å². The highest BCUT2D eigenvalue weighted by Gasteiger charge is 1.97. The summed E-state index contributed by atoms with van der Waals surface area (Å²) in [6.07, 6.45) is 5.03. The number of anilines is 2. The Balaban J connectivity index is 2.03. The predicted molar refractivity (Wildman–Crippen MR) is 69.1 cm³/mol. The molecule has 88 valence electrons. The summed E-state index contributed by atoms with van der Waals surface area (Å²) in [4.78, 5) is 10.3. The molecule has 1 aromatic carbocycles. The average molecular weight is 228 g/mol. The van der Waals surface area contributed by atoms with Crippen molar-refractivity contribution in [2.45, 2.75) is 6.54 Å². The van der Waals surface area contributed by atoms with Gasteiger partial charge in [-0.15, -0.1) is 0 Å². The number of hydrogen-bond donors (Lipinski definition) is 1. The molecule has 1 N–H and O–H groups in total. The van der Waals surface area contributed by atoms with Crippen molar-refractivity contribution in [1.29, 1.82) is 0 Å². The van der Waals surface area contributed by atoms with Crippen molar-refractivity contribution in [2.75, 3.05) is 19.4 Å². The summed E-state index contributed by atoms with van der Waals surface area (Å²) < 4.78 is 0. The SMILES string of the molecule is CN(C)Cc1ccc(Nc2cnccn2)cc1. The van der Waals surface area contributed by atoms with Gasteiger partial charge in [0.05, 0.1) is 6.20 Å². The monoisotopic (exact) mass is 228 g/mol. The van der Waals surface area contributed by atoms with E-state index in [1.165, 1.54) is 5.56 Å². The highest BCUT2D eigenvalue weighted by atomic mass is 15.0. The van der Waals surface area contributed by atoms with Crippen LogP contribution in [0.4, 0.5) is 11.5 Å². The van der Waals surface area contributed by atoms with Crippen molar-refractivity contribution < 1.29 is 0 Å². The van der Waals surface area contributed by atoms with Crippen LogP contribution in [0.15, 0.2) is 42.9 Å². The predicted octanol–water partition coefficient (Wildman–Crippen LogP) is 2.28. The van der Waals surface area contributed by atoms with Gasteiger partial charge in [0.15, 0.2) is 0 Å². The first-order valence-electron chi connectivity index (χ1n) is 5.51. The normalized spacial score (nSPS) is 10.5. The van der Waals surface area contributed by atoms with E-state index in [1.807, 2.05) is 12.1 Å². The second-order valence-corrected chi connectivity index (χ2v) is 4.15. The van der Waals surface area contributed by atoms with Crippen LogP contribution in [0.3, 0.4) is 0 Å². The summed E-state index contributed by atoms with van der Waals surface area (Å²) in [5.41, 5.74) is 2.31. The lowest BCUT2D eigenvalue weighted by molar-refractivity contribution is 0.402. The molecule has 0 aliphatic carbocycles. The molecule has 4 nitrogen and oxygen atoms in total. The minimum atomic E-state index is 0.757. The molecule has 0 aliphatic rings. The molecule has 0 aliphatic heterocycles. The molecule has 1 aromatic heterocycles. The fraction of sp³-hybridized carbons (Fsp3) is 0.231. The molecule has 0 amide bonds. The highest BCUT2D eigenvalue weighted by molar-refractivity contribution is 5.55. The third-order valence-electron chi connectivity index (χ3n) is 2.29. The van der Waals surface area contributed by atoms with E-state index in [-0.39, 0.29) is 0 Å². The number of benzene rings is 1. The fourth-order valence-electron chi connectivity index (χ4n) is 1.57. The zero-order valence-corrected chi connectivity index (χ0v) is 10.1. The molecule has 17 heavy (non-hydrogen) atoms. The molecule has 0 atom stereocenters. The van der Waals surface area contributed by atoms with Crippen molar-refractivity contribution in [2.24, 2.45) is 0 Å². The molecule has 0 fully saturated rings. The number of aromatic nitrogens is 2. The fourth-order valence-corrected chi connectivity index (χ4v) is 1.57. The second-order valence-electron chi connectivity index (χ2n) is 4.15. The van der Waals surface area contributed by atoms with Crippen molar-refractivity contribution in [3.63, 3.8) is 0 Å². The van der Waals surface area contributed by atoms with Gasteiger partial charge in [-0.2, -0.15) is 0 Å². The molecular weight excluding hydrogens is 212 g/mol. The number of rotatable bonds is 4. The van der Waals surface area contributed by atoms with Gasteiger partial charge in [0.2, 0.25) is 0 Å². The minimum Gasteiger partial charge on any atom is -0.339 e. The number of nitrogens with zero attached hydrogens (tertiary/aromatic N) is 3. The van der Waals surface area contributed by atoms with Gasteiger partial charge >= 0.3 is 0 Å². The van der Waals surface area contributed by atoms with Crippen molar-refractivity contribution >= 4 is 11.5 Å². The van der Waals surface area contributed by atoms with Gasteiger partial charge in [-0.05, 0) is 31.8 Å². The van der Waals surface area contributed by atoms with Crippen LogP contribution < -0.4 is 5.32 Å². The van der Waals surface area contributed by atoms with Gasteiger partial charge in [-0.1, -0.05) is 12.1 Å². The quantitative estimate of drug-likeness (QED) is 0.871. The van der Waals surface area contributed by atoms with Crippen molar-refractivity contribution in [3.8, 4) is 0 Å². The summed E-state index contributed by atoms with van der Waals surface area (Å²) in [6, 6.07) is 8.32. The first kappa shape index (κ1) is 11.5. The van der Waals surface area contributed by atoms with Crippen LogP contribution >= 0.6 is 0 Å². The van der Waals surface area contributed by atoms with Crippen LogP contribution in [-0.4, -0.2) is 29.0 Å². The molecule has 2 rings (SSSR count). The minimum absolute atomic E-state index is 0.757. The molecular formula is C13H16N4. The maximum atomic E-state index is 4.16. The standard InChI is InChI=1S/C13H16N4/c1-17(2)10-11-3-5-12(6-4-11)16-13-9-14-7-8-15-13/h3-9H,10H2,1-2H3,(H,15,16). The van der Waals surface area contributed by atoms with Crippen LogP contribution in [0.2, 0.25) is 0 Å². The molecule has 2 aromatic rings. The van der Waals surface area contributed by atoms with E-state index in [0.717, 1.165) is 18.1 Å². The van der Waals surface area contributed by atoms with E-state index in [9.17, 15) is 0 Å². The molecule has 0 spiro atoms. The molecule has 0 saturated carbocycles. The summed E-state index contributed by atoms with van der Waals surface area (Å²) in [7, 11) is 4.12. The molecule has 1 heterocycles. The second kappa shape index (κ2) is 5.41. The van der Waals surface area contributed by atoms with E-state index in [4.69, 9.17) is 0 Å².